The molecule has 0 aliphatic rings. The molecule has 1 aromatic carbocycles. The topological polar surface area (TPSA) is 93.8 Å². The largest absolute Gasteiger partial charge is 0.480 e. The van der Waals surface area contributed by atoms with Crippen LogP contribution in [0.2, 0.25) is 5.02 Å². The molecule has 3 aromatic rings. The standard InChI is InChI=1S/C17H18ClN5O2S/c1-2-3-4-13(17(24)25)26-16-14-15(19-10-20-16)23(22-21-14)9-11-5-7-12(18)8-6-11/h5-8,10,13H,2-4,9H2,1H3,(H,24,25)/t13-/m0/s1. The minimum absolute atomic E-state index is 0.493. The van der Waals surface area contributed by atoms with Crippen LogP contribution in [0, 0.1) is 0 Å². The minimum atomic E-state index is -0.844. The predicted molar refractivity (Wildman–Crippen MR) is 100 cm³/mol. The lowest BCUT2D eigenvalue weighted by atomic mass is 10.2. The lowest BCUT2D eigenvalue weighted by Crippen LogP contribution is -2.16. The van der Waals surface area contributed by atoms with Gasteiger partial charge in [0, 0.05) is 5.02 Å². The van der Waals surface area contributed by atoms with Gasteiger partial charge in [-0.05, 0) is 24.1 Å². The van der Waals surface area contributed by atoms with Gasteiger partial charge in [0.15, 0.2) is 11.2 Å². The van der Waals surface area contributed by atoms with Crippen LogP contribution >= 0.6 is 23.4 Å². The highest BCUT2D eigenvalue weighted by atomic mass is 35.5. The van der Waals surface area contributed by atoms with Crippen molar-refractivity contribution in [2.24, 2.45) is 0 Å². The molecule has 0 unspecified atom stereocenters. The Bertz CT molecular complexity index is 900. The Labute approximate surface area is 159 Å². The molecule has 3 rings (SSSR count). The van der Waals surface area contributed by atoms with Gasteiger partial charge in [-0.15, -0.1) is 5.10 Å². The van der Waals surface area contributed by atoms with E-state index >= 15 is 0 Å². The molecule has 1 N–H and O–H groups in total. The molecular weight excluding hydrogens is 374 g/mol. The molecule has 1 atom stereocenters. The second-order valence-electron chi connectivity index (χ2n) is 5.81. The van der Waals surface area contributed by atoms with Crippen LogP contribution in [0.3, 0.4) is 0 Å². The fourth-order valence-corrected chi connectivity index (χ4v) is 3.62. The summed E-state index contributed by atoms with van der Waals surface area (Å²) < 4.78 is 1.67. The Morgan fingerprint density at radius 1 is 1.31 bits per heavy atom. The summed E-state index contributed by atoms with van der Waals surface area (Å²) in [7, 11) is 0. The summed E-state index contributed by atoms with van der Waals surface area (Å²) in [6.45, 7) is 2.53. The Morgan fingerprint density at radius 2 is 2.08 bits per heavy atom. The molecule has 136 valence electrons. The zero-order chi connectivity index (χ0) is 18.5. The molecule has 9 heteroatoms. The highest BCUT2D eigenvalue weighted by molar-refractivity contribution is 8.00. The molecule has 0 aliphatic carbocycles. The monoisotopic (exact) mass is 391 g/mol. The molecule has 0 saturated carbocycles. The van der Waals surface area contributed by atoms with E-state index in [1.165, 1.54) is 18.1 Å². The molecule has 26 heavy (non-hydrogen) atoms. The van der Waals surface area contributed by atoms with Crippen LogP contribution < -0.4 is 0 Å². The van der Waals surface area contributed by atoms with Crippen molar-refractivity contribution in [1.29, 1.82) is 0 Å². The second-order valence-corrected chi connectivity index (χ2v) is 7.44. The van der Waals surface area contributed by atoms with Gasteiger partial charge in [-0.2, -0.15) is 0 Å². The molecule has 2 aromatic heterocycles. The van der Waals surface area contributed by atoms with Crippen LogP contribution in [0.15, 0.2) is 35.6 Å². The number of aliphatic carboxylic acids is 1. The number of benzene rings is 1. The fourth-order valence-electron chi connectivity index (χ4n) is 2.48. The quantitative estimate of drug-likeness (QED) is 0.462. The Balaban J connectivity index is 1.85. The fraction of sp³-hybridized carbons (Fsp3) is 0.353. The number of aromatic nitrogens is 5. The van der Waals surface area contributed by atoms with E-state index in [1.54, 1.807) is 4.68 Å². The van der Waals surface area contributed by atoms with Crippen molar-refractivity contribution in [3.63, 3.8) is 0 Å². The van der Waals surface area contributed by atoms with E-state index < -0.39 is 11.2 Å². The molecule has 0 fully saturated rings. The smallest absolute Gasteiger partial charge is 0.317 e. The number of carboxylic acid groups (broad SMARTS) is 1. The normalized spacial score (nSPS) is 12.4. The lowest BCUT2D eigenvalue weighted by molar-refractivity contribution is -0.136. The van der Waals surface area contributed by atoms with Crippen molar-refractivity contribution in [2.45, 2.75) is 43.0 Å². The first-order valence-electron chi connectivity index (χ1n) is 8.26. The summed E-state index contributed by atoms with van der Waals surface area (Å²) in [5, 5.41) is 18.4. The molecule has 0 saturated heterocycles. The van der Waals surface area contributed by atoms with E-state index in [9.17, 15) is 9.90 Å². The van der Waals surface area contributed by atoms with Gasteiger partial charge in [-0.25, -0.2) is 14.6 Å². The Morgan fingerprint density at radius 3 is 2.77 bits per heavy atom. The first-order chi connectivity index (χ1) is 12.6. The van der Waals surface area contributed by atoms with Gasteiger partial charge in [-0.3, -0.25) is 4.79 Å². The number of hydrogen-bond donors (Lipinski definition) is 1. The zero-order valence-electron chi connectivity index (χ0n) is 14.2. The molecule has 0 spiro atoms. The summed E-state index contributed by atoms with van der Waals surface area (Å²) in [6.07, 6.45) is 3.80. The van der Waals surface area contributed by atoms with Gasteiger partial charge < -0.3 is 5.11 Å². The van der Waals surface area contributed by atoms with Crippen LogP contribution in [-0.4, -0.2) is 41.3 Å². The highest BCUT2D eigenvalue weighted by Gasteiger charge is 2.22. The van der Waals surface area contributed by atoms with E-state index in [-0.39, 0.29) is 0 Å². The van der Waals surface area contributed by atoms with Crippen molar-refractivity contribution >= 4 is 40.5 Å². The second kappa shape index (κ2) is 8.46. The van der Waals surface area contributed by atoms with E-state index in [2.05, 4.69) is 20.3 Å². The van der Waals surface area contributed by atoms with E-state index in [0.29, 0.717) is 34.2 Å². The molecule has 0 radical (unpaired) electrons. The third-order valence-electron chi connectivity index (χ3n) is 3.86. The highest BCUT2D eigenvalue weighted by Crippen LogP contribution is 2.29. The summed E-state index contributed by atoms with van der Waals surface area (Å²) in [6, 6.07) is 7.46. The number of fused-ring (bicyclic) bond motifs is 1. The van der Waals surface area contributed by atoms with Gasteiger partial charge >= 0.3 is 5.97 Å². The average molecular weight is 392 g/mol. The molecule has 2 heterocycles. The van der Waals surface area contributed by atoms with Gasteiger partial charge in [0.1, 0.15) is 16.6 Å². The van der Waals surface area contributed by atoms with Crippen molar-refractivity contribution in [3.8, 4) is 0 Å². The number of carboxylic acids is 1. The van der Waals surface area contributed by atoms with E-state index in [4.69, 9.17) is 11.6 Å². The van der Waals surface area contributed by atoms with Crippen LogP contribution in [0.4, 0.5) is 0 Å². The maximum absolute atomic E-state index is 11.5. The molecule has 0 amide bonds. The van der Waals surface area contributed by atoms with Crippen molar-refractivity contribution in [3.05, 3.63) is 41.2 Å². The van der Waals surface area contributed by atoms with Gasteiger partial charge in [0.05, 0.1) is 6.54 Å². The molecular formula is C17H18ClN5O2S. The first-order valence-corrected chi connectivity index (χ1v) is 9.52. The van der Waals surface area contributed by atoms with E-state index in [0.717, 1.165) is 18.4 Å². The summed E-state index contributed by atoms with van der Waals surface area (Å²) in [4.78, 5) is 20.0. The van der Waals surface area contributed by atoms with Crippen molar-refractivity contribution < 1.29 is 9.90 Å². The number of halogens is 1. The lowest BCUT2D eigenvalue weighted by Gasteiger charge is -2.10. The molecule has 0 bridgehead atoms. The number of nitrogens with zero attached hydrogens (tertiary/aromatic N) is 5. The number of thioether (sulfide) groups is 1. The van der Waals surface area contributed by atoms with Crippen LogP contribution in [-0.2, 0) is 11.3 Å². The Hall–Kier alpha value is -2.19. The number of unbranched alkanes of at least 4 members (excludes halogenated alkanes) is 1. The summed E-state index contributed by atoms with van der Waals surface area (Å²) >= 11 is 7.12. The van der Waals surface area contributed by atoms with Gasteiger partial charge in [0.2, 0.25) is 0 Å². The maximum Gasteiger partial charge on any atom is 0.317 e. The number of hydrogen-bond acceptors (Lipinski definition) is 6. The van der Waals surface area contributed by atoms with Gasteiger partial charge in [0.25, 0.3) is 0 Å². The van der Waals surface area contributed by atoms with Crippen LogP contribution in [0.25, 0.3) is 11.2 Å². The molecule has 7 nitrogen and oxygen atoms in total. The first kappa shape index (κ1) is 18.6. The Kier molecular flexibility index (Phi) is 6.05. The van der Waals surface area contributed by atoms with Crippen LogP contribution in [0.1, 0.15) is 31.7 Å². The maximum atomic E-state index is 11.5. The van der Waals surface area contributed by atoms with Crippen molar-refractivity contribution in [2.75, 3.05) is 0 Å². The third kappa shape index (κ3) is 4.31. The van der Waals surface area contributed by atoms with E-state index in [1.807, 2.05) is 31.2 Å². The summed E-state index contributed by atoms with van der Waals surface area (Å²) in [5.41, 5.74) is 2.12. The minimum Gasteiger partial charge on any atom is -0.480 e. The number of rotatable bonds is 8. The molecule has 0 aliphatic heterocycles. The summed E-state index contributed by atoms with van der Waals surface area (Å²) in [5.74, 6) is -0.844. The zero-order valence-corrected chi connectivity index (χ0v) is 15.7. The third-order valence-corrected chi connectivity index (χ3v) is 5.36. The number of carbonyl (C=O) groups is 1. The predicted octanol–water partition coefficient (Wildman–Crippen LogP) is 3.66. The van der Waals surface area contributed by atoms with Crippen LogP contribution in [0.5, 0.6) is 0 Å². The average Bonchev–Trinajstić information content (AvgIpc) is 3.04. The van der Waals surface area contributed by atoms with Crippen molar-refractivity contribution in [1.82, 2.24) is 25.0 Å². The SMILES string of the molecule is CCCC[C@H](Sc1ncnc2c1nnn2Cc1ccc(Cl)cc1)C(=O)O. The van der Waals surface area contributed by atoms with Gasteiger partial charge in [-0.1, -0.05) is 60.5 Å².